The molecule has 5 nitrogen and oxygen atoms in total. The fourth-order valence-electron chi connectivity index (χ4n) is 2.65. The molecule has 1 atom stereocenters. The quantitative estimate of drug-likeness (QED) is 0.408. The van der Waals surface area contributed by atoms with E-state index in [1.807, 2.05) is 30.1 Å². The lowest BCUT2D eigenvalue weighted by molar-refractivity contribution is 0.636. The van der Waals surface area contributed by atoms with Gasteiger partial charge in [-0.3, -0.25) is 9.67 Å². The standard InChI is InChI=1S/C17H27N5S.HI/c1-11(9-16-13(3)21-22(6)14(16)4)20-17(18-5)19-10-15-8-7-12(2)23-15;/h7-8,11H,9-10H2,1-6H3,(H2,18,19,20);1H. The maximum Gasteiger partial charge on any atom is 0.191 e. The summed E-state index contributed by atoms with van der Waals surface area (Å²) in [5.41, 5.74) is 3.65. The Morgan fingerprint density at radius 1 is 1.33 bits per heavy atom. The van der Waals surface area contributed by atoms with Gasteiger partial charge in [0.1, 0.15) is 0 Å². The Bertz CT molecular complexity index is 689. The molecule has 24 heavy (non-hydrogen) atoms. The number of hydrogen-bond acceptors (Lipinski definition) is 3. The second kappa shape index (κ2) is 9.41. The zero-order valence-corrected chi connectivity index (χ0v) is 18.5. The van der Waals surface area contributed by atoms with E-state index >= 15 is 0 Å². The molecular weight excluding hydrogens is 433 g/mol. The highest BCUT2D eigenvalue weighted by molar-refractivity contribution is 14.0. The number of nitrogens with zero attached hydrogens (tertiary/aromatic N) is 3. The van der Waals surface area contributed by atoms with E-state index in [1.165, 1.54) is 21.0 Å². The smallest absolute Gasteiger partial charge is 0.191 e. The average molecular weight is 461 g/mol. The minimum Gasteiger partial charge on any atom is -0.354 e. The van der Waals surface area contributed by atoms with Gasteiger partial charge in [-0.25, -0.2) is 0 Å². The summed E-state index contributed by atoms with van der Waals surface area (Å²) in [5, 5.41) is 11.3. The third kappa shape index (κ3) is 5.47. The first-order chi connectivity index (χ1) is 10.9. The minimum absolute atomic E-state index is 0. The van der Waals surface area contributed by atoms with Crippen molar-refractivity contribution in [2.24, 2.45) is 12.0 Å². The summed E-state index contributed by atoms with van der Waals surface area (Å²) in [6.45, 7) is 9.29. The van der Waals surface area contributed by atoms with Crippen LogP contribution in [0, 0.1) is 20.8 Å². The van der Waals surface area contributed by atoms with Crippen LogP contribution in [0.25, 0.3) is 0 Å². The monoisotopic (exact) mass is 461 g/mol. The van der Waals surface area contributed by atoms with Crippen molar-refractivity contribution in [2.45, 2.75) is 46.7 Å². The third-order valence-electron chi connectivity index (χ3n) is 4.00. The van der Waals surface area contributed by atoms with Crippen LogP contribution in [0.5, 0.6) is 0 Å². The van der Waals surface area contributed by atoms with E-state index in [-0.39, 0.29) is 30.0 Å². The van der Waals surface area contributed by atoms with Gasteiger partial charge in [-0.1, -0.05) is 0 Å². The molecule has 0 radical (unpaired) electrons. The first-order valence-corrected chi connectivity index (χ1v) is 8.74. The molecule has 7 heteroatoms. The Balaban J connectivity index is 0.00000288. The zero-order valence-electron chi connectivity index (χ0n) is 15.3. The molecule has 0 aliphatic rings. The average Bonchev–Trinajstić information content (AvgIpc) is 3.02. The topological polar surface area (TPSA) is 54.2 Å². The van der Waals surface area contributed by atoms with E-state index in [1.54, 1.807) is 0 Å². The van der Waals surface area contributed by atoms with Gasteiger partial charge in [0.15, 0.2) is 5.96 Å². The highest BCUT2D eigenvalue weighted by Gasteiger charge is 2.14. The van der Waals surface area contributed by atoms with Gasteiger partial charge in [0.2, 0.25) is 0 Å². The van der Waals surface area contributed by atoms with E-state index in [9.17, 15) is 0 Å². The van der Waals surface area contributed by atoms with E-state index in [0.717, 1.165) is 24.6 Å². The summed E-state index contributed by atoms with van der Waals surface area (Å²) in [7, 11) is 3.80. The van der Waals surface area contributed by atoms with Gasteiger partial charge in [-0.05, 0) is 51.8 Å². The van der Waals surface area contributed by atoms with Crippen LogP contribution in [0.4, 0.5) is 0 Å². The van der Waals surface area contributed by atoms with Crippen molar-refractivity contribution in [3.63, 3.8) is 0 Å². The van der Waals surface area contributed by atoms with Gasteiger partial charge in [0, 0.05) is 35.6 Å². The zero-order chi connectivity index (χ0) is 17.0. The molecule has 134 valence electrons. The Kier molecular flexibility index (Phi) is 8.21. The van der Waals surface area contributed by atoms with Gasteiger partial charge in [-0.15, -0.1) is 35.3 Å². The molecule has 2 aromatic heterocycles. The maximum atomic E-state index is 4.49. The number of halogens is 1. The van der Waals surface area contributed by atoms with Crippen LogP contribution >= 0.6 is 35.3 Å². The van der Waals surface area contributed by atoms with Crippen LogP contribution in [0.3, 0.4) is 0 Å². The third-order valence-corrected chi connectivity index (χ3v) is 5.00. The van der Waals surface area contributed by atoms with Crippen LogP contribution in [0.2, 0.25) is 0 Å². The number of thiophene rings is 1. The molecule has 0 saturated carbocycles. The van der Waals surface area contributed by atoms with E-state index < -0.39 is 0 Å². The highest BCUT2D eigenvalue weighted by atomic mass is 127. The fourth-order valence-corrected chi connectivity index (χ4v) is 3.48. The minimum atomic E-state index is 0. The van der Waals surface area contributed by atoms with Gasteiger partial charge in [-0.2, -0.15) is 5.10 Å². The van der Waals surface area contributed by atoms with Crippen molar-refractivity contribution >= 4 is 41.3 Å². The Morgan fingerprint density at radius 3 is 2.54 bits per heavy atom. The molecule has 0 spiro atoms. The number of aromatic nitrogens is 2. The molecule has 1 unspecified atom stereocenters. The number of aliphatic imine (C=N–C) groups is 1. The summed E-state index contributed by atoms with van der Waals surface area (Å²) in [4.78, 5) is 6.97. The molecule has 0 amide bonds. The number of rotatable bonds is 5. The summed E-state index contributed by atoms with van der Waals surface area (Å²) in [6.07, 6.45) is 0.935. The van der Waals surface area contributed by atoms with Crippen molar-refractivity contribution < 1.29 is 0 Å². The Hall–Kier alpha value is -1.09. The number of hydrogen-bond donors (Lipinski definition) is 2. The molecule has 0 aromatic carbocycles. The van der Waals surface area contributed by atoms with Gasteiger partial charge < -0.3 is 10.6 Å². The molecule has 0 aliphatic carbocycles. The predicted octanol–water partition coefficient (Wildman–Crippen LogP) is 3.32. The lowest BCUT2D eigenvalue weighted by atomic mass is 10.1. The summed E-state index contributed by atoms with van der Waals surface area (Å²) >= 11 is 1.81. The Morgan fingerprint density at radius 2 is 2.04 bits per heavy atom. The number of nitrogens with one attached hydrogen (secondary N) is 2. The van der Waals surface area contributed by atoms with Crippen LogP contribution in [0.1, 0.15) is 33.6 Å². The molecular formula is C17H28IN5S. The molecule has 0 bridgehead atoms. The lowest BCUT2D eigenvalue weighted by Gasteiger charge is -2.18. The predicted molar refractivity (Wildman–Crippen MR) is 114 cm³/mol. The summed E-state index contributed by atoms with van der Waals surface area (Å²) < 4.78 is 1.95. The van der Waals surface area contributed by atoms with Gasteiger partial charge in [0.25, 0.3) is 0 Å². The maximum absolute atomic E-state index is 4.49. The summed E-state index contributed by atoms with van der Waals surface area (Å²) in [5.74, 6) is 0.836. The molecule has 2 rings (SSSR count). The van der Waals surface area contributed by atoms with E-state index in [0.29, 0.717) is 0 Å². The molecule has 2 aromatic rings. The fraction of sp³-hybridized carbons (Fsp3) is 0.529. The number of guanidine groups is 1. The SMILES string of the molecule is CN=C(NCc1ccc(C)s1)NC(C)Cc1c(C)nn(C)c1C.I. The first kappa shape index (κ1) is 21.0. The molecule has 0 aliphatic heterocycles. The van der Waals surface area contributed by atoms with Crippen molar-refractivity contribution in [2.75, 3.05) is 7.05 Å². The lowest BCUT2D eigenvalue weighted by Crippen LogP contribution is -2.42. The van der Waals surface area contributed by atoms with Crippen molar-refractivity contribution in [1.29, 1.82) is 0 Å². The molecule has 2 heterocycles. The molecule has 0 fully saturated rings. The number of aryl methyl sites for hydroxylation is 3. The first-order valence-electron chi connectivity index (χ1n) is 7.92. The Labute approximate surface area is 166 Å². The van der Waals surface area contributed by atoms with E-state index in [4.69, 9.17) is 0 Å². The summed E-state index contributed by atoms with van der Waals surface area (Å²) in [6, 6.07) is 4.59. The highest BCUT2D eigenvalue weighted by Crippen LogP contribution is 2.15. The largest absolute Gasteiger partial charge is 0.354 e. The van der Waals surface area contributed by atoms with Crippen molar-refractivity contribution in [3.8, 4) is 0 Å². The van der Waals surface area contributed by atoms with Gasteiger partial charge >= 0.3 is 0 Å². The van der Waals surface area contributed by atoms with Crippen molar-refractivity contribution in [3.05, 3.63) is 38.8 Å². The van der Waals surface area contributed by atoms with Crippen LogP contribution in [-0.4, -0.2) is 28.8 Å². The second-order valence-electron chi connectivity index (χ2n) is 5.96. The van der Waals surface area contributed by atoms with Crippen molar-refractivity contribution in [1.82, 2.24) is 20.4 Å². The second-order valence-corrected chi connectivity index (χ2v) is 7.33. The van der Waals surface area contributed by atoms with E-state index in [2.05, 4.69) is 60.6 Å². The van der Waals surface area contributed by atoms with Gasteiger partial charge in [0.05, 0.1) is 12.2 Å². The molecule has 2 N–H and O–H groups in total. The van der Waals surface area contributed by atoms with Crippen LogP contribution in [0.15, 0.2) is 17.1 Å². The normalized spacial score (nSPS) is 12.7. The van der Waals surface area contributed by atoms with Crippen LogP contribution < -0.4 is 10.6 Å². The van der Waals surface area contributed by atoms with Crippen LogP contribution in [-0.2, 0) is 20.0 Å². The molecule has 0 saturated heterocycles.